The summed E-state index contributed by atoms with van der Waals surface area (Å²) in [5.41, 5.74) is 2.48. The molecule has 31 heavy (non-hydrogen) atoms. The average Bonchev–Trinajstić information content (AvgIpc) is 2.81. The Balaban J connectivity index is 1.69. The summed E-state index contributed by atoms with van der Waals surface area (Å²) in [6.45, 7) is 1.83. The van der Waals surface area contributed by atoms with Crippen LogP contribution in [0.15, 0.2) is 66.7 Å². The van der Waals surface area contributed by atoms with Crippen LogP contribution >= 0.6 is 0 Å². The van der Waals surface area contributed by atoms with Gasteiger partial charge in [0.2, 0.25) is 0 Å². The van der Waals surface area contributed by atoms with Crippen molar-refractivity contribution < 1.29 is 28.5 Å². The highest BCUT2D eigenvalue weighted by molar-refractivity contribution is 5.94. The van der Waals surface area contributed by atoms with Crippen LogP contribution < -0.4 is 14.2 Å². The molecule has 0 aliphatic heterocycles. The summed E-state index contributed by atoms with van der Waals surface area (Å²) in [5.74, 6) is 0.898. The van der Waals surface area contributed by atoms with Crippen LogP contribution in [0.2, 0.25) is 0 Å². The molecule has 0 aromatic heterocycles. The standard InChI is InChI=1S/C25H24O6/c1-17(26)19-9-11-22(28-2)21(13-19)16-31-25(27)20-10-12-23(24(14-20)29-3)30-15-18-7-5-4-6-8-18/h4-14H,15-16H2,1-3H3. The third kappa shape index (κ3) is 5.63. The molecule has 0 N–H and O–H groups in total. The minimum absolute atomic E-state index is 0.0301. The van der Waals surface area contributed by atoms with E-state index in [4.69, 9.17) is 18.9 Å². The summed E-state index contributed by atoms with van der Waals surface area (Å²) in [6, 6.07) is 19.6. The van der Waals surface area contributed by atoms with Crippen molar-refractivity contribution in [3.05, 3.63) is 89.0 Å². The maximum absolute atomic E-state index is 12.6. The highest BCUT2D eigenvalue weighted by Gasteiger charge is 2.15. The fourth-order valence-electron chi connectivity index (χ4n) is 2.99. The lowest BCUT2D eigenvalue weighted by Crippen LogP contribution is -2.08. The smallest absolute Gasteiger partial charge is 0.338 e. The summed E-state index contributed by atoms with van der Waals surface area (Å²) >= 11 is 0. The molecule has 0 radical (unpaired) electrons. The van der Waals surface area contributed by atoms with Crippen molar-refractivity contribution >= 4 is 11.8 Å². The Morgan fingerprint density at radius 3 is 2.10 bits per heavy atom. The van der Waals surface area contributed by atoms with Crippen LogP contribution in [-0.4, -0.2) is 26.0 Å². The molecular weight excluding hydrogens is 396 g/mol. The molecule has 0 aliphatic rings. The normalized spacial score (nSPS) is 10.3. The molecule has 0 unspecified atom stereocenters. The zero-order chi connectivity index (χ0) is 22.2. The number of benzene rings is 3. The van der Waals surface area contributed by atoms with E-state index in [9.17, 15) is 9.59 Å². The largest absolute Gasteiger partial charge is 0.496 e. The first-order valence-electron chi connectivity index (χ1n) is 9.71. The minimum atomic E-state index is -0.525. The maximum atomic E-state index is 12.6. The zero-order valence-electron chi connectivity index (χ0n) is 17.7. The Labute approximate surface area is 181 Å². The van der Waals surface area contributed by atoms with Crippen molar-refractivity contribution in [2.45, 2.75) is 20.1 Å². The lowest BCUT2D eigenvalue weighted by Gasteiger charge is -2.13. The lowest BCUT2D eigenvalue weighted by atomic mass is 10.1. The monoisotopic (exact) mass is 420 g/mol. The number of ketones is 1. The molecule has 6 nitrogen and oxygen atoms in total. The fraction of sp³-hybridized carbons (Fsp3) is 0.200. The van der Waals surface area contributed by atoms with Gasteiger partial charge in [-0.05, 0) is 48.9 Å². The van der Waals surface area contributed by atoms with Crippen LogP contribution in [0, 0.1) is 0 Å². The van der Waals surface area contributed by atoms with Gasteiger partial charge in [0, 0.05) is 11.1 Å². The van der Waals surface area contributed by atoms with E-state index < -0.39 is 5.97 Å². The summed E-state index contributed by atoms with van der Waals surface area (Å²) < 4.78 is 21.9. The minimum Gasteiger partial charge on any atom is -0.496 e. The average molecular weight is 420 g/mol. The van der Waals surface area contributed by atoms with Crippen molar-refractivity contribution in [2.75, 3.05) is 14.2 Å². The molecule has 0 saturated heterocycles. The zero-order valence-corrected chi connectivity index (χ0v) is 17.7. The Bertz CT molecular complexity index is 1060. The highest BCUT2D eigenvalue weighted by atomic mass is 16.5. The van der Waals surface area contributed by atoms with Gasteiger partial charge in [0.15, 0.2) is 17.3 Å². The number of Topliss-reactive ketones (excluding diaryl/α,β-unsaturated/α-hetero) is 1. The van der Waals surface area contributed by atoms with E-state index in [1.807, 2.05) is 30.3 Å². The van der Waals surface area contributed by atoms with Gasteiger partial charge in [-0.3, -0.25) is 4.79 Å². The second kappa shape index (κ2) is 10.3. The first kappa shape index (κ1) is 21.9. The first-order chi connectivity index (χ1) is 15.0. The summed E-state index contributed by atoms with van der Waals surface area (Å²) in [5, 5.41) is 0. The van der Waals surface area contributed by atoms with Gasteiger partial charge in [0.1, 0.15) is 19.0 Å². The van der Waals surface area contributed by atoms with Crippen molar-refractivity contribution in [3.8, 4) is 17.2 Å². The van der Waals surface area contributed by atoms with E-state index in [1.165, 1.54) is 21.1 Å². The van der Waals surface area contributed by atoms with Crippen molar-refractivity contribution in [1.29, 1.82) is 0 Å². The van der Waals surface area contributed by atoms with E-state index in [0.29, 0.717) is 40.5 Å². The third-order valence-corrected chi connectivity index (χ3v) is 4.68. The lowest BCUT2D eigenvalue weighted by molar-refractivity contribution is 0.0469. The van der Waals surface area contributed by atoms with E-state index in [0.717, 1.165) is 5.56 Å². The molecule has 3 rings (SSSR count). The Hall–Kier alpha value is -3.80. The van der Waals surface area contributed by atoms with Gasteiger partial charge in [-0.15, -0.1) is 0 Å². The van der Waals surface area contributed by atoms with Gasteiger partial charge < -0.3 is 18.9 Å². The first-order valence-corrected chi connectivity index (χ1v) is 9.71. The number of esters is 1. The van der Waals surface area contributed by atoms with E-state index >= 15 is 0 Å². The number of hydrogen-bond acceptors (Lipinski definition) is 6. The van der Waals surface area contributed by atoms with Crippen molar-refractivity contribution in [2.24, 2.45) is 0 Å². The van der Waals surface area contributed by atoms with Crippen molar-refractivity contribution in [1.82, 2.24) is 0 Å². The molecule has 0 atom stereocenters. The predicted octanol–water partition coefficient (Wildman–Crippen LogP) is 4.84. The SMILES string of the molecule is COc1ccc(C(C)=O)cc1COC(=O)c1ccc(OCc2ccccc2)c(OC)c1. The van der Waals surface area contributed by atoms with Crippen LogP contribution in [0.4, 0.5) is 0 Å². The van der Waals surface area contributed by atoms with Gasteiger partial charge >= 0.3 is 5.97 Å². The topological polar surface area (TPSA) is 71.1 Å². The van der Waals surface area contributed by atoms with E-state index in [1.54, 1.807) is 36.4 Å². The van der Waals surface area contributed by atoms with Gasteiger partial charge in [-0.25, -0.2) is 4.79 Å². The van der Waals surface area contributed by atoms with Crippen LogP contribution in [0.5, 0.6) is 17.2 Å². The van der Waals surface area contributed by atoms with Crippen molar-refractivity contribution in [3.63, 3.8) is 0 Å². The number of hydrogen-bond donors (Lipinski definition) is 0. The summed E-state index contributed by atoms with van der Waals surface area (Å²) in [7, 11) is 3.03. The van der Waals surface area contributed by atoms with E-state index in [2.05, 4.69) is 0 Å². The molecule has 0 spiro atoms. The van der Waals surface area contributed by atoms with Crippen LogP contribution in [-0.2, 0) is 18.0 Å². The molecule has 0 bridgehead atoms. The van der Waals surface area contributed by atoms with Crippen LogP contribution in [0.25, 0.3) is 0 Å². The molecular formula is C25H24O6. The number of ether oxygens (including phenoxy) is 4. The summed E-state index contributed by atoms with van der Waals surface area (Å²) in [4.78, 5) is 24.2. The molecule has 160 valence electrons. The third-order valence-electron chi connectivity index (χ3n) is 4.68. The number of methoxy groups -OCH3 is 2. The van der Waals surface area contributed by atoms with Crippen LogP contribution in [0.3, 0.4) is 0 Å². The molecule has 0 saturated carbocycles. The van der Waals surface area contributed by atoms with Crippen LogP contribution in [0.1, 0.15) is 38.8 Å². The summed E-state index contributed by atoms with van der Waals surface area (Å²) in [6.07, 6.45) is 0. The Morgan fingerprint density at radius 2 is 1.42 bits per heavy atom. The van der Waals surface area contributed by atoms with Gasteiger partial charge in [-0.2, -0.15) is 0 Å². The van der Waals surface area contributed by atoms with E-state index in [-0.39, 0.29) is 12.4 Å². The highest BCUT2D eigenvalue weighted by Crippen LogP contribution is 2.29. The maximum Gasteiger partial charge on any atom is 0.338 e. The second-order valence-electron chi connectivity index (χ2n) is 6.80. The fourth-order valence-corrected chi connectivity index (χ4v) is 2.99. The van der Waals surface area contributed by atoms with Gasteiger partial charge in [0.05, 0.1) is 19.8 Å². The Kier molecular flexibility index (Phi) is 7.27. The quantitative estimate of drug-likeness (QED) is 0.364. The molecule has 0 heterocycles. The second-order valence-corrected chi connectivity index (χ2v) is 6.80. The molecule has 3 aromatic carbocycles. The molecule has 3 aromatic rings. The number of carbonyl (C=O) groups is 2. The number of rotatable bonds is 9. The molecule has 0 amide bonds. The van der Waals surface area contributed by atoms with Gasteiger partial charge in [0.25, 0.3) is 0 Å². The molecule has 0 aliphatic carbocycles. The number of carbonyl (C=O) groups excluding carboxylic acids is 2. The molecule has 0 fully saturated rings. The predicted molar refractivity (Wildman–Crippen MR) is 116 cm³/mol. The molecule has 6 heteroatoms. The van der Waals surface area contributed by atoms with Gasteiger partial charge in [-0.1, -0.05) is 30.3 Å². The Morgan fingerprint density at radius 1 is 0.742 bits per heavy atom.